The normalized spacial score (nSPS) is 13.4. The molecule has 19 heavy (non-hydrogen) atoms. The van der Waals surface area contributed by atoms with Crippen molar-refractivity contribution in [2.45, 2.75) is 12.5 Å². The molecule has 0 aromatic heterocycles. The zero-order valence-electron chi connectivity index (χ0n) is 11.2. The monoisotopic (exact) mass is 320 g/mol. The van der Waals surface area contributed by atoms with Crippen molar-refractivity contribution in [2.75, 3.05) is 41.2 Å². The maximum atomic E-state index is 12.4. The molecule has 0 heterocycles. The Balaban J connectivity index is 3.63. The smallest absolute Gasteiger partial charge is 0.466 e. The Morgan fingerprint density at radius 2 is 1.58 bits per heavy atom. The van der Waals surface area contributed by atoms with Crippen LogP contribution in [0.25, 0.3) is 0 Å². The third kappa shape index (κ3) is 7.80. The van der Waals surface area contributed by atoms with E-state index in [9.17, 15) is 8.78 Å². The van der Waals surface area contributed by atoms with Crippen molar-refractivity contribution in [3.63, 3.8) is 0 Å². The average Bonchev–Trinajstić information content (AvgIpc) is 2.42. The van der Waals surface area contributed by atoms with Crippen molar-refractivity contribution in [3.8, 4) is 0 Å². The van der Waals surface area contributed by atoms with Gasteiger partial charge in [0.1, 0.15) is 6.61 Å². The highest BCUT2D eigenvalue weighted by Gasteiger charge is 2.36. The van der Waals surface area contributed by atoms with Crippen LogP contribution in [0.2, 0.25) is 6.04 Å². The molecule has 0 spiro atoms. The van der Waals surface area contributed by atoms with E-state index in [1.807, 2.05) is 0 Å². The second-order valence-corrected chi connectivity index (χ2v) is 6.82. The molecular formula is C10H19ClF2O5Si. The highest BCUT2D eigenvalue weighted by molar-refractivity contribution is 6.60. The highest BCUT2D eigenvalue weighted by atomic mass is 35.5. The molecule has 0 bridgehead atoms. The Kier molecular flexibility index (Phi) is 10.4. The van der Waals surface area contributed by atoms with Crippen LogP contribution >= 0.6 is 11.6 Å². The molecule has 0 radical (unpaired) electrons. The van der Waals surface area contributed by atoms with Crippen molar-refractivity contribution in [3.05, 3.63) is 11.3 Å². The Morgan fingerprint density at radius 1 is 1.00 bits per heavy atom. The van der Waals surface area contributed by atoms with Gasteiger partial charge in [0, 0.05) is 34.0 Å². The van der Waals surface area contributed by atoms with Gasteiger partial charge in [-0.05, 0) is 18.0 Å². The van der Waals surface area contributed by atoms with Crippen LogP contribution in [0.5, 0.6) is 0 Å². The molecule has 0 unspecified atom stereocenters. The van der Waals surface area contributed by atoms with E-state index in [1.165, 1.54) is 21.3 Å². The minimum Gasteiger partial charge on any atom is -0.466 e. The molecule has 5 nitrogen and oxygen atoms in total. The van der Waals surface area contributed by atoms with Gasteiger partial charge in [0.15, 0.2) is 0 Å². The fraction of sp³-hybridized carbons (Fsp3) is 0.800. The van der Waals surface area contributed by atoms with Crippen LogP contribution in [0.1, 0.15) is 6.42 Å². The largest absolute Gasteiger partial charge is 0.500 e. The topological polar surface area (TPSA) is 46.2 Å². The van der Waals surface area contributed by atoms with E-state index in [4.69, 9.17) is 29.6 Å². The standard InChI is InChI=1S/C10H19ClF2O5Si/c1-14-19(15-2,16-3)8-4-5-17-6-7-18-10(13)9(11)12/h4-8H2,1-3H3. The first-order chi connectivity index (χ1) is 9.01. The lowest BCUT2D eigenvalue weighted by Gasteiger charge is -2.24. The first-order valence-electron chi connectivity index (χ1n) is 5.58. The SMILES string of the molecule is CO[Si](CCCOCCOC(F)=C(F)Cl)(OC)OC. The second kappa shape index (κ2) is 10.5. The Morgan fingerprint density at radius 3 is 2.05 bits per heavy atom. The van der Waals surface area contributed by atoms with Gasteiger partial charge in [0.05, 0.1) is 6.61 Å². The number of hydrogen-bond acceptors (Lipinski definition) is 5. The van der Waals surface area contributed by atoms with E-state index in [2.05, 4.69) is 4.74 Å². The first kappa shape index (κ1) is 18.7. The second-order valence-electron chi connectivity index (χ2n) is 3.39. The molecule has 0 saturated heterocycles. The summed E-state index contributed by atoms with van der Waals surface area (Å²) >= 11 is 4.72. The molecule has 114 valence electrons. The summed E-state index contributed by atoms with van der Waals surface area (Å²) < 4.78 is 49.7. The molecule has 0 aliphatic rings. The van der Waals surface area contributed by atoms with Crippen LogP contribution < -0.4 is 0 Å². The molecule has 0 aromatic rings. The van der Waals surface area contributed by atoms with E-state index in [0.29, 0.717) is 19.1 Å². The zero-order valence-corrected chi connectivity index (χ0v) is 13.0. The van der Waals surface area contributed by atoms with Crippen LogP contribution in [0.4, 0.5) is 8.78 Å². The van der Waals surface area contributed by atoms with Gasteiger partial charge < -0.3 is 22.8 Å². The minimum atomic E-state index is -2.56. The molecule has 0 aliphatic carbocycles. The fourth-order valence-corrected chi connectivity index (χ4v) is 3.04. The Hall–Kier alpha value is -0.253. The maximum absolute atomic E-state index is 12.4. The van der Waals surface area contributed by atoms with Crippen molar-refractivity contribution in [2.24, 2.45) is 0 Å². The van der Waals surface area contributed by atoms with E-state index >= 15 is 0 Å². The lowest BCUT2D eigenvalue weighted by Crippen LogP contribution is -2.42. The van der Waals surface area contributed by atoms with Crippen LogP contribution in [0.3, 0.4) is 0 Å². The van der Waals surface area contributed by atoms with Crippen molar-refractivity contribution >= 4 is 20.4 Å². The molecule has 0 saturated carbocycles. The molecule has 0 amide bonds. The predicted octanol–water partition coefficient (Wildman–Crippen LogP) is 2.59. The molecule has 0 aromatic carbocycles. The van der Waals surface area contributed by atoms with E-state index in [0.717, 1.165) is 0 Å². The maximum Gasteiger partial charge on any atom is 0.500 e. The third-order valence-electron chi connectivity index (χ3n) is 2.31. The molecule has 0 atom stereocenters. The average molecular weight is 321 g/mol. The summed E-state index contributed by atoms with van der Waals surface area (Å²) in [6.45, 7) is 0.412. The molecule has 0 fully saturated rings. The van der Waals surface area contributed by atoms with Crippen LogP contribution in [0.15, 0.2) is 11.3 Å². The summed E-state index contributed by atoms with van der Waals surface area (Å²) in [6.07, 6.45) is 0.657. The molecule has 9 heteroatoms. The molecule has 0 aliphatic heterocycles. The summed E-state index contributed by atoms with van der Waals surface area (Å²) in [6, 6.07) is -0.836. The Labute approximate surface area is 117 Å². The lowest BCUT2D eigenvalue weighted by molar-refractivity contribution is 0.0511. The van der Waals surface area contributed by atoms with Crippen molar-refractivity contribution in [1.29, 1.82) is 0 Å². The summed E-state index contributed by atoms with van der Waals surface area (Å²) in [5.74, 6) is 0. The quantitative estimate of drug-likeness (QED) is 0.333. The summed E-state index contributed by atoms with van der Waals surface area (Å²) in [5.41, 5.74) is 0. The first-order valence-corrected chi connectivity index (χ1v) is 7.89. The molecule has 0 rings (SSSR count). The van der Waals surface area contributed by atoms with E-state index < -0.39 is 20.1 Å². The summed E-state index contributed by atoms with van der Waals surface area (Å²) in [7, 11) is 2.03. The van der Waals surface area contributed by atoms with Crippen molar-refractivity contribution in [1.82, 2.24) is 0 Å². The number of halogens is 3. The number of hydrogen-bond donors (Lipinski definition) is 0. The predicted molar refractivity (Wildman–Crippen MR) is 68.1 cm³/mol. The van der Waals surface area contributed by atoms with E-state index in [1.54, 1.807) is 0 Å². The van der Waals surface area contributed by atoms with Gasteiger partial charge in [0.2, 0.25) is 0 Å². The van der Waals surface area contributed by atoms with Gasteiger partial charge in [-0.2, -0.15) is 8.78 Å². The highest BCUT2D eigenvalue weighted by Crippen LogP contribution is 2.15. The van der Waals surface area contributed by atoms with Gasteiger partial charge in [-0.25, -0.2) is 0 Å². The van der Waals surface area contributed by atoms with Crippen LogP contribution in [0, 0.1) is 0 Å². The fourth-order valence-electron chi connectivity index (χ4n) is 1.29. The number of rotatable bonds is 11. The van der Waals surface area contributed by atoms with Gasteiger partial charge in [-0.1, -0.05) is 0 Å². The Bertz CT molecular complexity index is 264. The third-order valence-corrected chi connectivity index (χ3v) is 5.29. The molecule has 0 N–H and O–H groups in total. The van der Waals surface area contributed by atoms with Gasteiger partial charge in [-0.15, -0.1) is 0 Å². The number of ether oxygens (including phenoxy) is 2. The lowest BCUT2D eigenvalue weighted by atomic mass is 10.5. The van der Waals surface area contributed by atoms with Gasteiger partial charge in [-0.3, -0.25) is 0 Å². The van der Waals surface area contributed by atoms with Gasteiger partial charge in [0.25, 0.3) is 5.29 Å². The zero-order chi connectivity index (χ0) is 14.7. The summed E-state index contributed by atoms with van der Waals surface area (Å²) in [5, 5.41) is -1.50. The van der Waals surface area contributed by atoms with Gasteiger partial charge >= 0.3 is 14.8 Å². The van der Waals surface area contributed by atoms with Crippen LogP contribution in [-0.4, -0.2) is 50.0 Å². The summed E-state index contributed by atoms with van der Waals surface area (Å²) in [4.78, 5) is 0. The molecular weight excluding hydrogens is 302 g/mol. The minimum absolute atomic E-state index is 0.118. The van der Waals surface area contributed by atoms with Crippen molar-refractivity contribution < 1.29 is 31.5 Å². The van der Waals surface area contributed by atoms with E-state index in [-0.39, 0.29) is 13.2 Å². The van der Waals surface area contributed by atoms with Crippen LogP contribution in [-0.2, 0) is 22.8 Å².